The Morgan fingerprint density at radius 1 is 1.17 bits per heavy atom. The van der Waals surface area contributed by atoms with Gasteiger partial charge in [0.1, 0.15) is 11.6 Å². The van der Waals surface area contributed by atoms with Gasteiger partial charge < -0.3 is 19.9 Å². The van der Waals surface area contributed by atoms with Crippen LogP contribution in [-0.2, 0) is 6.42 Å². The number of ether oxygens (including phenoxy) is 1. The molecule has 1 saturated heterocycles. The lowest BCUT2D eigenvalue weighted by Gasteiger charge is -2.34. The number of anilines is 1. The zero-order valence-corrected chi connectivity index (χ0v) is 17.0. The number of nitrogens with one attached hydrogen (secondary N) is 1. The standard InChI is InChI=1S/C21H23FN4O2S/c1-28-17-5-2-15(3-6-17)8-9-23-20(27)25-10-12-26(13-11-25)21-24-18-7-4-16(22)14-19(18)29-21/h2-7,14H,8-13H2,1H3,(H,23,27). The van der Waals surface area contributed by atoms with Gasteiger partial charge in [0.2, 0.25) is 0 Å². The van der Waals surface area contributed by atoms with Gasteiger partial charge in [0.05, 0.1) is 17.3 Å². The molecule has 1 aromatic heterocycles. The third-order valence-corrected chi connectivity index (χ3v) is 6.10. The van der Waals surface area contributed by atoms with E-state index in [1.54, 1.807) is 13.2 Å². The largest absolute Gasteiger partial charge is 0.497 e. The summed E-state index contributed by atoms with van der Waals surface area (Å²) in [6, 6.07) is 12.5. The number of nitrogens with zero attached hydrogens (tertiary/aromatic N) is 3. The zero-order valence-electron chi connectivity index (χ0n) is 16.2. The van der Waals surface area contributed by atoms with Gasteiger partial charge in [0.25, 0.3) is 0 Å². The van der Waals surface area contributed by atoms with Crippen molar-refractivity contribution in [3.63, 3.8) is 0 Å². The molecule has 8 heteroatoms. The average molecular weight is 415 g/mol. The van der Waals surface area contributed by atoms with Crippen LogP contribution in [0.2, 0.25) is 0 Å². The molecular weight excluding hydrogens is 391 g/mol. The lowest BCUT2D eigenvalue weighted by atomic mass is 10.1. The number of aromatic nitrogens is 1. The van der Waals surface area contributed by atoms with Gasteiger partial charge in [0, 0.05) is 32.7 Å². The Bertz CT molecular complexity index is 984. The van der Waals surface area contributed by atoms with Crippen molar-refractivity contribution >= 4 is 32.7 Å². The molecule has 1 aliphatic rings. The fourth-order valence-corrected chi connectivity index (χ4v) is 4.38. The second kappa shape index (κ2) is 8.65. The van der Waals surface area contributed by atoms with Crippen molar-refractivity contribution in [3.05, 3.63) is 53.8 Å². The van der Waals surface area contributed by atoms with Gasteiger partial charge in [-0.1, -0.05) is 23.5 Å². The summed E-state index contributed by atoms with van der Waals surface area (Å²) in [6.45, 7) is 3.30. The van der Waals surface area contributed by atoms with E-state index in [1.165, 1.54) is 23.5 Å². The molecule has 2 amide bonds. The Morgan fingerprint density at radius 3 is 2.66 bits per heavy atom. The Hall–Kier alpha value is -2.87. The average Bonchev–Trinajstić information content (AvgIpc) is 3.17. The number of fused-ring (bicyclic) bond motifs is 1. The minimum atomic E-state index is -0.246. The molecule has 0 radical (unpaired) electrons. The van der Waals surface area contributed by atoms with E-state index in [2.05, 4.69) is 15.2 Å². The predicted octanol–water partition coefficient (Wildman–Crippen LogP) is 3.52. The normalized spacial score (nSPS) is 14.3. The van der Waals surface area contributed by atoms with Crippen molar-refractivity contribution in [1.82, 2.24) is 15.2 Å². The summed E-state index contributed by atoms with van der Waals surface area (Å²) < 4.78 is 19.4. The lowest BCUT2D eigenvalue weighted by molar-refractivity contribution is 0.194. The van der Waals surface area contributed by atoms with Crippen molar-refractivity contribution in [2.75, 3.05) is 44.7 Å². The number of thiazole rings is 1. The number of carbonyl (C=O) groups is 1. The van der Waals surface area contributed by atoms with E-state index >= 15 is 0 Å². The molecule has 29 heavy (non-hydrogen) atoms. The summed E-state index contributed by atoms with van der Waals surface area (Å²) in [5.41, 5.74) is 1.97. The van der Waals surface area contributed by atoms with Gasteiger partial charge in [0.15, 0.2) is 5.13 Å². The van der Waals surface area contributed by atoms with Gasteiger partial charge >= 0.3 is 6.03 Å². The van der Waals surface area contributed by atoms with Crippen LogP contribution in [0.1, 0.15) is 5.56 Å². The Labute approximate surface area is 172 Å². The number of rotatable bonds is 5. The molecule has 2 aromatic carbocycles. The third-order valence-electron chi connectivity index (χ3n) is 5.03. The maximum absolute atomic E-state index is 13.4. The molecular formula is C21H23FN4O2S. The van der Waals surface area contributed by atoms with Crippen LogP contribution in [0.4, 0.5) is 14.3 Å². The maximum Gasteiger partial charge on any atom is 0.317 e. The Kier molecular flexibility index (Phi) is 5.80. The van der Waals surface area contributed by atoms with E-state index in [1.807, 2.05) is 29.2 Å². The topological polar surface area (TPSA) is 57.7 Å². The molecule has 0 atom stereocenters. The number of hydrogen-bond acceptors (Lipinski definition) is 5. The van der Waals surface area contributed by atoms with Crippen LogP contribution in [0.25, 0.3) is 10.2 Å². The summed E-state index contributed by atoms with van der Waals surface area (Å²) >= 11 is 1.49. The van der Waals surface area contributed by atoms with Gasteiger partial charge in [-0.2, -0.15) is 0 Å². The first-order valence-electron chi connectivity index (χ1n) is 9.59. The highest BCUT2D eigenvalue weighted by Crippen LogP contribution is 2.29. The summed E-state index contributed by atoms with van der Waals surface area (Å²) in [4.78, 5) is 21.0. The van der Waals surface area contributed by atoms with Gasteiger partial charge in [-0.05, 0) is 42.3 Å². The highest BCUT2D eigenvalue weighted by atomic mass is 32.1. The van der Waals surface area contributed by atoms with Gasteiger partial charge in [-0.25, -0.2) is 14.2 Å². The molecule has 4 rings (SSSR count). The van der Waals surface area contributed by atoms with Gasteiger partial charge in [-0.15, -0.1) is 0 Å². The fraction of sp³-hybridized carbons (Fsp3) is 0.333. The van der Waals surface area contributed by atoms with E-state index in [0.29, 0.717) is 32.7 Å². The quantitative estimate of drug-likeness (QED) is 0.694. The summed E-state index contributed by atoms with van der Waals surface area (Å²) in [5.74, 6) is 0.581. The van der Waals surface area contributed by atoms with E-state index < -0.39 is 0 Å². The second-order valence-electron chi connectivity index (χ2n) is 6.91. The van der Waals surface area contributed by atoms with E-state index in [0.717, 1.165) is 33.1 Å². The second-order valence-corrected chi connectivity index (χ2v) is 7.92. The van der Waals surface area contributed by atoms with Crippen LogP contribution < -0.4 is 15.0 Å². The first-order valence-corrected chi connectivity index (χ1v) is 10.4. The van der Waals surface area contributed by atoms with Crippen molar-refractivity contribution in [3.8, 4) is 5.75 Å². The SMILES string of the molecule is COc1ccc(CCNC(=O)N2CCN(c3nc4ccc(F)cc4s3)CC2)cc1. The van der Waals surface area contributed by atoms with E-state index in [-0.39, 0.29) is 11.8 Å². The highest BCUT2D eigenvalue weighted by molar-refractivity contribution is 7.22. The Balaban J connectivity index is 1.25. The molecule has 0 saturated carbocycles. The molecule has 3 aromatic rings. The minimum Gasteiger partial charge on any atom is -0.497 e. The fourth-order valence-electron chi connectivity index (χ4n) is 3.34. The van der Waals surface area contributed by atoms with Crippen molar-refractivity contribution in [1.29, 1.82) is 0 Å². The number of carbonyl (C=O) groups excluding carboxylic acids is 1. The minimum absolute atomic E-state index is 0.0375. The molecule has 152 valence electrons. The van der Waals surface area contributed by atoms with Crippen LogP contribution in [0.3, 0.4) is 0 Å². The number of urea groups is 1. The Morgan fingerprint density at radius 2 is 1.93 bits per heavy atom. The van der Waals surface area contributed by atoms with Crippen LogP contribution in [-0.4, -0.2) is 55.7 Å². The monoisotopic (exact) mass is 414 g/mol. The predicted molar refractivity (Wildman–Crippen MR) is 113 cm³/mol. The molecule has 1 aliphatic heterocycles. The number of amides is 2. The molecule has 0 unspecified atom stereocenters. The van der Waals surface area contributed by atoms with Crippen LogP contribution in [0, 0.1) is 5.82 Å². The van der Waals surface area contributed by atoms with Crippen molar-refractivity contribution in [2.24, 2.45) is 0 Å². The van der Waals surface area contributed by atoms with Crippen molar-refractivity contribution < 1.29 is 13.9 Å². The molecule has 0 bridgehead atoms. The highest BCUT2D eigenvalue weighted by Gasteiger charge is 2.23. The number of benzene rings is 2. The number of halogens is 1. The molecule has 1 N–H and O–H groups in total. The van der Waals surface area contributed by atoms with Crippen LogP contribution >= 0.6 is 11.3 Å². The number of piperazine rings is 1. The first kappa shape index (κ1) is 19.4. The molecule has 6 nitrogen and oxygen atoms in total. The van der Waals surface area contributed by atoms with Crippen LogP contribution in [0.15, 0.2) is 42.5 Å². The molecule has 0 aliphatic carbocycles. The first-order chi connectivity index (χ1) is 14.1. The van der Waals surface area contributed by atoms with Gasteiger partial charge in [-0.3, -0.25) is 0 Å². The maximum atomic E-state index is 13.4. The molecule has 1 fully saturated rings. The molecule has 0 spiro atoms. The summed E-state index contributed by atoms with van der Waals surface area (Å²) in [7, 11) is 1.64. The van der Waals surface area contributed by atoms with Crippen molar-refractivity contribution in [2.45, 2.75) is 6.42 Å². The summed E-state index contributed by atoms with van der Waals surface area (Å²) in [6.07, 6.45) is 0.776. The zero-order chi connectivity index (χ0) is 20.2. The van der Waals surface area contributed by atoms with E-state index in [9.17, 15) is 9.18 Å². The lowest BCUT2D eigenvalue weighted by Crippen LogP contribution is -2.52. The number of hydrogen-bond donors (Lipinski definition) is 1. The molecule has 2 heterocycles. The number of methoxy groups -OCH3 is 1. The van der Waals surface area contributed by atoms with E-state index in [4.69, 9.17) is 4.74 Å². The smallest absolute Gasteiger partial charge is 0.317 e. The summed E-state index contributed by atoms with van der Waals surface area (Å²) in [5, 5.41) is 3.87. The third kappa shape index (κ3) is 4.59. The van der Waals surface area contributed by atoms with Crippen LogP contribution in [0.5, 0.6) is 5.75 Å².